The standard InChI is InChI=1S/C15H15N3O2/c1-10(2)6-14-13(15(19)20)9-17-18(14)12-5-3-4-11(7-12)8-16/h3-5,7,9-10H,6H2,1-2H3,(H,19,20). The number of aromatic nitrogens is 2. The molecule has 2 rings (SSSR count). The Morgan fingerprint density at radius 2 is 2.25 bits per heavy atom. The summed E-state index contributed by atoms with van der Waals surface area (Å²) in [5.41, 5.74) is 2.08. The first-order valence-corrected chi connectivity index (χ1v) is 6.33. The Morgan fingerprint density at radius 1 is 1.50 bits per heavy atom. The topological polar surface area (TPSA) is 78.9 Å². The summed E-state index contributed by atoms with van der Waals surface area (Å²) in [5, 5.41) is 22.3. The number of carboxylic acids is 1. The molecule has 0 spiro atoms. The number of carboxylic acid groups (broad SMARTS) is 1. The van der Waals surface area contributed by atoms with Crippen LogP contribution in [0.1, 0.15) is 35.5 Å². The van der Waals surface area contributed by atoms with Crippen LogP contribution in [-0.2, 0) is 6.42 Å². The first-order valence-electron chi connectivity index (χ1n) is 6.33. The Hall–Kier alpha value is -2.61. The third-order valence-electron chi connectivity index (χ3n) is 2.92. The molecule has 0 aliphatic heterocycles. The van der Waals surface area contributed by atoms with E-state index in [0.29, 0.717) is 29.3 Å². The van der Waals surface area contributed by atoms with Gasteiger partial charge >= 0.3 is 5.97 Å². The molecule has 1 N–H and O–H groups in total. The Labute approximate surface area is 117 Å². The van der Waals surface area contributed by atoms with E-state index >= 15 is 0 Å². The third-order valence-corrected chi connectivity index (χ3v) is 2.92. The Kier molecular flexibility index (Phi) is 3.85. The van der Waals surface area contributed by atoms with E-state index in [9.17, 15) is 9.90 Å². The lowest BCUT2D eigenvalue weighted by molar-refractivity contribution is 0.0695. The predicted octanol–water partition coefficient (Wildman–Crippen LogP) is 2.64. The molecular formula is C15H15N3O2. The van der Waals surface area contributed by atoms with Crippen molar-refractivity contribution >= 4 is 5.97 Å². The van der Waals surface area contributed by atoms with Gasteiger partial charge in [0.2, 0.25) is 0 Å². The summed E-state index contributed by atoms with van der Waals surface area (Å²) in [7, 11) is 0. The molecular weight excluding hydrogens is 254 g/mol. The maximum Gasteiger partial charge on any atom is 0.339 e. The average molecular weight is 269 g/mol. The molecule has 5 heteroatoms. The van der Waals surface area contributed by atoms with Crippen molar-refractivity contribution in [2.45, 2.75) is 20.3 Å². The van der Waals surface area contributed by atoms with Crippen LogP contribution in [0.4, 0.5) is 0 Å². The van der Waals surface area contributed by atoms with Crippen LogP contribution in [0, 0.1) is 17.2 Å². The van der Waals surface area contributed by atoms with Crippen LogP contribution >= 0.6 is 0 Å². The first kappa shape index (κ1) is 13.8. The van der Waals surface area contributed by atoms with Crippen molar-refractivity contribution in [2.24, 2.45) is 5.92 Å². The van der Waals surface area contributed by atoms with Gasteiger partial charge in [0.05, 0.1) is 29.2 Å². The molecule has 102 valence electrons. The van der Waals surface area contributed by atoms with Gasteiger partial charge in [-0.15, -0.1) is 0 Å². The van der Waals surface area contributed by atoms with E-state index in [1.807, 2.05) is 19.9 Å². The summed E-state index contributed by atoms with van der Waals surface area (Å²) >= 11 is 0. The first-order chi connectivity index (χ1) is 9.52. The molecule has 0 saturated heterocycles. The van der Waals surface area contributed by atoms with E-state index in [0.717, 1.165) is 0 Å². The lowest BCUT2D eigenvalue weighted by Gasteiger charge is -2.10. The quantitative estimate of drug-likeness (QED) is 0.925. The highest BCUT2D eigenvalue weighted by Crippen LogP contribution is 2.19. The minimum Gasteiger partial charge on any atom is -0.478 e. The van der Waals surface area contributed by atoms with Gasteiger partial charge < -0.3 is 5.11 Å². The monoisotopic (exact) mass is 269 g/mol. The van der Waals surface area contributed by atoms with Crippen molar-refractivity contribution < 1.29 is 9.90 Å². The number of aromatic carboxylic acids is 1. The van der Waals surface area contributed by atoms with Crippen LogP contribution in [0.2, 0.25) is 0 Å². The van der Waals surface area contributed by atoms with Crippen LogP contribution in [-0.4, -0.2) is 20.9 Å². The van der Waals surface area contributed by atoms with Gasteiger partial charge in [0.15, 0.2) is 0 Å². The fourth-order valence-electron chi connectivity index (χ4n) is 2.07. The fraction of sp³-hybridized carbons (Fsp3) is 0.267. The zero-order valence-electron chi connectivity index (χ0n) is 11.4. The number of hydrogen-bond donors (Lipinski definition) is 1. The minimum atomic E-state index is -0.983. The van der Waals surface area contributed by atoms with Gasteiger partial charge in [0.1, 0.15) is 5.56 Å². The molecule has 0 amide bonds. The average Bonchev–Trinajstić information content (AvgIpc) is 2.81. The highest BCUT2D eigenvalue weighted by molar-refractivity contribution is 5.88. The van der Waals surface area contributed by atoms with Gasteiger partial charge in [0.25, 0.3) is 0 Å². The van der Waals surface area contributed by atoms with Crippen LogP contribution in [0.15, 0.2) is 30.5 Å². The van der Waals surface area contributed by atoms with Crippen molar-refractivity contribution in [1.82, 2.24) is 9.78 Å². The number of nitrogens with zero attached hydrogens (tertiary/aromatic N) is 3. The molecule has 5 nitrogen and oxygen atoms in total. The van der Waals surface area contributed by atoms with Crippen molar-refractivity contribution in [1.29, 1.82) is 5.26 Å². The summed E-state index contributed by atoms with van der Waals surface area (Å²) in [5.74, 6) is -0.675. The molecule has 0 aliphatic rings. The molecule has 1 aromatic heterocycles. The highest BCUT2D eigenvalue weighted by atomic mass is 16.4. The van der Waals surface area contributed by atoms with E-state index in [1.54, 1.807) is 22.9 Å². The lowest BCUT2D eigenvalue weighted by Crippen LogP contribution is -2.09. The second-order valence-electron chi connectivity index (χ2n) is 4.98. The van der Waals surface area contributed by atoms with Crippen molar-refractivity contribution in [3.8, 4) is 11.8 Å². The second-order valence-corrected chi connectivity index (χ2v) is 4.98. The summed E-state index contributed by atoms with van der Waals surface area (Å²) in [6.07, 6.45) is 1.97. The van der Waals surface area contributed by atoms with Crippen LogP contribution in [0.3, 0.4) is 0 Å². The molecule has 1 heterocycles. The van der Waals surface area contributed by atoms with Crippen molar-refractivity contribution in [3.05, 3.63) is 47.3 Å². The molecule has 0 unspecified atom stereocenters. The van der Waals surface area contributed by atoms with Gasteiger partial charge in [0, 0.05) is 0 Å². The normalized spacial score (nSPS) is 10.5. The smallest absolute Gasteiger partial charge is 0.339 e. The molecule has 2 aromatic rings. The minimum absolute atomic E-state index is 0.209. The number of benzene rings is 1. The van der Waals surface area contributed by atoms with Crippen molar-refractivity contribution in [2.75, 3.05) is 0 Å². The van der Waals surface area contributed by atoms with Crippen LogP contribution in [0.25, 0.3) is 5.69 Å². The molecule has 20 heavy (non-hydrogen) atoms. The van der Waals surface area contributed by atoms with E-state index in [-0.39, 0.29) is 5.56 Å². The molecule has 1 aromatic carbocycles. The Morgan fingerprint density at radius 3 is 2.85 bits per heavy atom. The number of nitriles is 1. The maximum absolute atomic E-state index is 11.3. The third kappa shape index (κ3) is 2.69. The summed E-state index contributed by atoms with van der Waals surface area (Å²) in [6, 6.07) is 9.04. The predicted molar refractivity (Wildman–Crippen MR) is 73.8 cm³/mol. The molecule has 0 saturated carbocycles. The highest BCUT2D eigenvalue weighted by Gasteiger charge is 2.18. The van der Waals surface area contributed by atoms with Crippen LogP contribution in [0.5, 0.6) is 0 Å². The second kappa shape index (κ2) is 5.57. The molecule has 0 bridgehead atoms. The van der Waals surface area contributed by atoms with E-state index < -0.39 is 5.97 Å². The largest absolute Gasteiger partial charge is 0.478 e. The molecule has 0 aliphatic carbocycles. The van der Waals surface area contributed by atoms with E-state index in [2.05, 4.69) is 11.2 Å². The zero-order chi connectivity index (χ0) is 14.7. The summed E-state index contributed by atoms with van der Waals surface area (Å²) in [6.45, 7) is 4.04. The van der Waals surface area contributed by atoms with Gasteiger partial charge in [-0.3, -0.25) is 0 Å². The maximum atomic E-state index is 11.3. The van der Waals surface area contributed by atoms with Gasteiger partial charge in [-0.2, -0.15) is 10.4 Å². The zero-order valence-corrected chi connectivity index (χ0v) is 11.4. The van der Waals surface area contributed by atoms with Gasteiger partial charge in [-0.05, 0) is 30.5 Å². The van der Waals surface area contributed by atoms with E-state index in [4.69, 9.17) is 5.26 Å². The summed E-state index contributed by atoms with van der Waals surface area (Å²) < 4.78 is 1.60. The van der Waals surface area contributed by atoms with Crippen molar-refractivity contribution in [3.63, 3.8) is 0 Å². The SMILES string of the molecule is CC(C)Cc1c(C(=O)O)cnn1-c1cccc(C#N)c1. The number of carbonyl (C=O) groups is 1. The number of rotatable bonds is 4. The van der Waals surface area contributed by atoms with E-state index in [1.165, 1.54) is 6.20 Å². The van der Waals surface area contributed by atoms with Crippen LogP contribution < -0.4 is 0 Å². The Balaban J connectivity index is 2.56. The van der Waals surface area contributed by atoms with Gasteiger partial charge in [-0.1, -0.05) is 19.9 Å². The van der Waals surface area contributed by atoms with Gasteiger partial charge in [-0.25, -0.2) is 9.48 Å². The lowest BCUT2D eigenvalue weighted by atomic mass is 10.0. The molecule has 0 fully saturated rings. The molecule has 0 radical (unpaired) electrons. The number of hydrogen-bond acceptors (Lipinski definition) is 3. The fourth-order valence-corrected chi connectivity index (χ4v) is 2.07. The Bertz CT molecular complexity index is 681. The molecule has 0 atom stereocenters. The summed E-state index contributed by atoms with van der Waals surface area (Å²) in [4.78, 5) is 11.3.